The number of hydrogen-bond donors (Lipinski definition) is 0. The van der Waals surface area contributed by atoms with Crippen molar-refractivity contribution in [3.05, 3.63) is 27.7 Å². The van der Waals surface area contributed by atoms with Crippen LogP contribution in [0.1, 0.15) is 24.0 Å². The first kappa shape index (κ1) is 19.0. The second-order valence-electron chi connectivity index (χ2n) is 5.15. The number of methoxy groups -OCH3 is 1. The average molecular weight is 388 g/mol. The van der Waals surface area contributed by atoms with E-state index in [-0.39, 0.29) is 11.9 Å². The minimum atomic E-state index is -0.240. The lowest BCUT2D eigenvalue weighted by Crippen LogP contribution is -2.29. The highest BCUT2D eigenvalue weighted by atomic mass is 79.9. The Morgan fingerprint density at radius 2 is 1.95 bits per heavy atom. The molecule has 0 aromatic heterocycles. The second kappa shape index (κ2) is 9.20. The molecule has 0 atom stereocenters. The molecule has 1 amide bonds. The molecular weight excluding hydrogens is 366 g/mol. The molecule has 0 saturated heterocycles. The van der Waals surface area contributed by atoms with Crippen molar-refractivity contribution >= 4 is 39.6 Å². The molecule has 0 aliphatic heterocycles. The quantitative estimate of drug-likeness (QED) is 0.529. The van der Waals surface area contributed by atoms with Crippen LogP contribution in [0.4, 0.5) is 0 Å². The Labute approximate surface area is 144 Å². The fraction of sp³-hybridized carbons (Fsp3) is 0.500. The number of rotatable bonds is 7. The maximum absolute atomic E-state index is 12.1. The van der Waals surface area contributed by atoms with Gasteiger partial charge in [-0.3, -0.25) is 9.59 Å². The van der Waals surface area contributed by atoms with Gasteiger partial charge in [0.05, 0.1) is 12.9 Å². The highest BCUT2D eigenvalue weighted by Gasteiger charge is 2.12. The van der Waals surface area contributed by atoms with Crippen LogP contribution in [0.5, 0.6) is 0 Å². The summed E-state index contributed by atoms with van der Waals surface area (Å²) in [5.74, 6) is 0.224. The molecule has 0 N–H and O–H groups in total. The van der Waals surface area contributed by atoms with E-state index in [4.69, 9.17) is 0 Å². The highest BCUT2D eigenvalue weighted by Crippen LogP contribution is 2.28. The molecule has 0 aliphatic carbocycles. The Balaban J connectivity index is 2.45. The van der Waals surface area contributed by atoms with Crippen LogP contribution in [0.3, 0.4) is 0 Å². The molecule has 6 heteroatoms. The minimum absolute atomic E-state index is 0.0647. The molecule has 0 spiro atoms. The van der Waals surface area contributed by atoms with Gasteiger partial charge in [-0.05, 0) is 43.5 Å². The zero-order chi connectivity index (χ0) is 16.7. The average Bonchev–Trinajstić information content (AvgIpc) is 2.48. The zero-order valence-corrected chi connectivity index (χ0v) is 15.8. The molecule has 0 heterocycles. The summed E-state index contributed by atoms with van der Waals surface area (Å²) >= 11 is 5.05. The van der Waals surface area contributed by atoms with Gasteiger partial charge >= 0.3 is 5.97 Å². The molecule has 1 rings (SSSR count). The molecular formula is C16H22BrNO3S. The summed E-state index contributed by atoms with van der Waals surface area (Å²) in [6, 6.07) is 4.16. The van der Waals surface area contributed by atoms with E-state index in [1.54, 1.807) is 23.7 Å². The van der Waals surface area contributed by atoms with Crippen LogP contribution < -0.4 is 0 Å². The van der Waals surface area contributed by atoms with Gasteiger partial charge in [-0.25, -0.2) is 0 Å². The molecule has 1 aromatic rings. The summed E-state index contributed by atoms with van der Waals surface area (Å²) in [4.78, 5) is 25.9. The number of nitrogens with zero attached hydrogens (tertiary/aromatic N) is 1. The largest absolute Gasteiger partial charge is 0.469 e. The van der Waals surface area contributed by atoms with E-state index in [9.17, 15) is 9.59 Å². The molecule has 0 bridgehead atoms. The Kier molecular flexibility index (Phi) is 7.96. The van der Waals surface area contributed by atoms with Gasteiger partial charge in [0.25, 0.3) is 0 Å². The van der Waals surface area contributed by atoms with E-state index in [1.165, 1.54) is 7.11 Å². The van der Waals surface area contributed by atoms with E-state index < -0.39 is 0 Å². The topological polar surface area (TPSA) is 46.6 Å². The summed E-state index contributed by atoms with van der Waals surface area (Å²) in [6.07, 6.45) is 0.961. The van der Waals surface area contributed by atoms with Gasteiger partial charge in [-0.15, -0.1) is 11.8 Å². The summed E-state index contributed by atoms with van der Waals surface area (Å²) < 4.78 is 5.67. The van der Waals surface area contributed by atoms with Gasteiger partial charge in [0, 0.05) is 29.4 Å². The number of thioether (sulfide) groups is 1. The van der Waals surface area contributed by atoms with Crippen molar-refractivity contribution in [1.29, 1.82) is 0 Å². The van der Waals surface area contributed by atoms with Crippen molar-refractivity contribution in [1.82, 2.24) is 4.90 Å². The summed E-state index contributed by atoms with van der Waals surface area (Å²) in [5, 5.41) is 0. The highest BCUT2D eigenvalue weighted by molar-refractivity contribution is 9.10. The molecule has 0 fully saturated rings. The maximum atomic E-state index is 12.1. The molecule has 4 nitrogen and oxygen atoms in total. The van der Waals surface area contributed by atoms with Crippen LogP contribution in [0.15, 0.2) is 21.5 Å². The predicted molar refractivity (Wildman–Crippen MR) is 93.2 cm³/mol. The third-order valence-electron chi connectivity index (χ3n) is 3.34. The fourth-order valence-electron chi connectivity index (χ4n) is 1.85. The lowest BCUT2D eigenvalue weighted by Gasteiger charge is -2.17. The molecule has 122 valence electrons. The van der Waals surface area contributed by atoms with Crippen LogP contribution in [0.25, 0.3) is 0 Å². The normalized spacial score (nSPS) is 10.4. The monoisotopic (exact) mass is 387 g/mol. The summed E-state index contributed by atoms with van der Waals surface area (Å²) in [6.45, 7) is 4.64. The Bertz CT molecular complexity index is 548. The summed E-state index contributed by atoms with van der Waals surface area (Å²) in [5.41, 5.74) is 2.32. The van der Waals surface area contributed by atoms with Crippen LogP contribution in [0, 0.1) is 13.8 Å². The van der Waals surface area contributed by atoms with Crippen molar-refractivity contribution in [3.8, 4) is 0 Å². The van der Waals surface area contributed by atoms with Crippen molar-refractivity contribution in [2.45, 2.75) is 31.6 Å². The number of halogens is 1. The molecule has 0 radical (unpaired) electrons. The van der Waals surface area contributed by atoms with Crippen LogP contribution in [-0.2, 0) is 14.3 Å². The number of hydrogen-bond acceptors (Lipinski definition) is 4. The molecule has 0 saturated carbocycles. The lowest BCUT2D eigenvalue weighted by atomic mass is 10.2. The Morgan fingerprint density at radius 1 is 1.27 bits per heavy atom. The van der Waals surface area contributed by atoms with E-state index in [2.05, 4.69) is 32.8 Å². The molecule has 0 unspecified atom stereocenters. The fourth-order valence-corrected chi connectivity index (χ4v) is 3.35. The number of carbonyl (C=O) groups excluding carboxylic acids is 2. The van der Waals surface area contributed by atoms with E-state index in [0.717, 1.165) is 20.5 Å². The standard InChI is InChI=1S/C16H22BrNO3S/c1-11-9-14(12(2)8-13(11)17)22-10-15(19)18(3)7-5-6-16(20)21-4/h8-9H,5-7,10H2,1-4H3. The molecule has 22 heavy (non-hydrogen) atoms. The van der Waals surface area contributed by atoms with Gasteiger partial charge in [0.15, 0.2) is 0 Å². The number of aryl methyl sites for hydroxylation is 2. The minimum Gasteiger partial charge on any atom is -0.469 e. The Morgan fingerprint density at radius 3 is 2.59 bits per heavy atom. The smallest absolute Gasteiger partial charge is 0.305 e. The van der Waals surface area contributed by atoms with Gasteiger partial charge in [-0.1, -0.05) is 15.9 Å². The van der Waals surface area contributed by atoms with Crippen LogP contribution in [0.2, 0.25) is 0 Å². The predicted octanol–water partition coefficient (Wildman–Crippen LogP) is 3.57. The number of esters is 1. The SMILES string of the molecule is COC(=O)CCCN(C)C(=O)CSc1cc(C)c(Br)cc1C. The van der Waals surface area contributed by atoms with Gasteiger partial charge in [0.2, 0.25) is 5.91 Å². The molecule has 0 aliphatic rings. The first-order valence-electron chi connectivity index (χ1n) is 7.05. The van der Waals surface area contributed by atoms with Gasteiger partial charge in [0.1, 0.15) is 0 Å². The number of amides is 1. The first-order chi connectivity index (χ1) is 10.3. The van der Waals surface area contributed by atoms with Crippen molar-refractivity contribution < 1.29 is 14.3 Å². The van der Waals surface area contributed by atoms with Crippen LogP contribution in [-0.4, -0.2) is 43.2 Å². The van der Waals surface area contributed by atoms with Gasteiger partial charge < -0.3 is 9.64 Å². The van der Waals surface area contributed by atoms with Crippen molar-refractivity contribution in [2.75, 3.05) is 26.5 Å². The number of benzene rings is 1. The number of ether oxygens (including phenoxy) is 1. The lowest BCUT2D eigenvalue weighted by molar-refractivity contribution is -0.141. The van der Waals surface area contributed by atoms with E-state index >= 15 is 0 Å². The van der Waals surface area contributed by atoms with E-state index in [0.29, 0.717) is 25.1 Å². The third kappa shape index (κ3) is 6.01. The first-order valence-corrected chi connectivity index (χ1v) is 8.83. The van der Waals surface area contributed by atoms with Crippen LogP contribution >= 0.6 is 27.7 Å². The Hall–Kier alpha value is -1.01. The molecule has 1 aromatic carbocycles. The third-order valence-corrected chi connectivity index (χ3v) is 5.33. The zero-order valence-electron chi connectivity index (χ0n) is 13.4. The van der Waals surface area contributed by atoms with Gasteiger partial charge in [-0.2, -0.15) is 0 Å². The van der Waals surface area contributed by atoms with Crippen molar-refractivity contribution in [3.63, 3.8) is 0 Å². The summed E-state index contributed by atoms with van der Waals surface area (Å²) in [7, 11) is 3.14. The second-order valence-corrected chi connectivity index (χ2v) is 7.02. The van der Waals surface area contributed by atoms with E-state index in [1.807, 2.05) is 13.8 Å². The van der Waals surface area contributed by atoms with Crippen molar-refractivity contribution in [2.24, 2.45) is 0 Å². The number of carbonyl (C=O) groups is 2. The maximum Gasteiger partial charge on any atom is 0.305 e.